The zero-order chi connectivity index (χ0) is 14.5. The molecule has 0 saturated carbocycles. The molecule has 0 spiro atoms. The van der Waals surface area contributed by atoms with Crippen molar-refractivity contribution >= 4 is 6.08 Å². The summed E-state index contributed by atoms with van der Waals surface area (Å²) in [4.78, 5) is 2.60. The van der Waals surface area contributed by atoms with Crippen LogP contribution in [0.1, 0.15) is 30.0 Å². The highest BCUT2D eigenvalue weighted by atomic mass is 15.1. The quantitative estimate of drug-likeness (QED) is 0.803. The van der Waals surface area contributed by atoms with Crippen LogP contribution in [0.5, 0.6) is 0 Å². The number of hydrogen-bond donors (Lipinski definition) is 0. The van der Waals surface area contributed by atoms with Crippen LogP contribution in [0.4, 0.5) is 0 Å². The van der Waals surface area contributed by atoms with Crippen LogP contribution in [-0.2, 0) is 6.42 Å². The Morgan fingerprint density at radius 2 is 1.71 bits per heavy atom. The lowest BCUT2D eigenvalue weighted by atomic mass is 10.0. The van der Waals surface area contributed by atoms with E-state index in [2.05, 4.69) is 64.8 Å². The minimum atomic E-state index is 0.697. The third-order valence-corrected chi connectivity index (χ3v) is 4.54. The van der Waals surface area contributed by atoms with Gasteiger partial charge in [-0.3, -0.25) is 0 Å². The summed E-state index contributed by atoms with van der Waals surface area (Å²) in [6, 6.07) is 13.7. The molecule has 2 aromatic rings. The highest BCUT2D eigenvalue weighted by Crippen LogP contribution is 2.22. The maximum atomic E-state index is 3.80. The van der Waals surface area contributed by atoms with Gasteiger partial charge >= 0.3 is 0 Å². The Morgan fingerprint density at radius 3 is 2.33 bits per heavy atom. The molecule has 1 aromatic heterocycles. The topological polar surface area (TPSA) is 8.17 Å². The van der Waals surface area contributed by atoms with Gasteiger partial charge in [-0.1, -0.05) is 36.9 Å². The molecule has 3 rings (SSSR count). The fraction of sp³-hybridized carbons (Fsp3) is 0.368. The lowest BCUT2D eigenvalue weighted by Gasteiger charge is -2.32. The Morgan fingerprint density at radius 1 is 1.05 bits per heavy atom. The van der Waals surface area contributed by atoms with E-state index in [1.54, 1.807) is 0 Å². The Kier molecular flexibility index (Phi) is 4.56. The van der Waals surface area contributed by atoms with Crippen molar-refractivity contribution in [2.75, 3.05) is 19.6 Å². The van der Waals surface area contributed by atoms with Gasteiger partial charge in [0.2, 0.25) is 0 Å². The summed E-state index contributed by atoms with van der Waals surface area (Å²) in [6.07, 6.45) is 9.97. The molecule has 0 radical (unpaired) electrons. The maximum absolute atomic E-state index is 3.80. The Hall–Kier alpha value is -1.80. The second-order valence-electron chi connectivity index (χ2n) is 5.90. The van der Waals surface area contributed by atoms with Crippen molar-refractivity contribution in [3.05, 3.63) is 66.5 Å². The molecule has 0 bridgehead atoms. The molecule has 1 fully saturated rings. The number of aromatic nitrogens is 1. The van der Waals surface area contributed by atoms with Gasteiger partial charge in [-0.15, -0.1) is 0 Å². The third kappa shape index (κ3) is 3.64. The van der Waals surface area contributed by atoms with E-state index >= 15 is 0 Å². The average Bonchev–Trinajstić information content (AvgIpc) is 3.08. The molecule has 2 heteroatoms. The van der Waals surface area contributed by atoms with Gasteiger partial charge in [-0.2, -0.15) is 0 Å². The van der Waals surface area contributed by atoms with Crippen molar-refractivity contribution in [3.8, 4) is 0 Å². The highest BCUT2D eigenvalue weighted by Gasteiger charge is 2.19. The van der Waals surface area contributed by atoms with Crippen LogP contribution in [0.15, 0.2) is 55.4 Å². The molecule has 0 amide bonds. The van der Waals surface area contributed by atoms with E-state index in [0.29, 0.717) is 6.04 Å². The molecule has 110 valence electrons. The summed E-state index contributed by atoms with van der Waals surface area (Å²) in [7, 11) is 0. The van der Waals surface area contributed by atoms with Crippen LogP contribution < -0.4 is 0 Å². The van der Waals surface area contributed by atoms with Crippen LogP contribution in [0.3, 0.4) is 0 Å². The Balaban J connectivity index is 1.45. The minimum Gasteiger partial charge on any atom is -0.351 e. The largest absolute Gasteiger partial charge is 0.351 e. The van der Waals surface area contributed by atoms with E-state index in [1.807, 2.05) is 6.08 Å². The fourth-order valence-electron chi connectivity index (χ4n) is 3.14. The van der Waals surface area contributed by atoms with Gasteiger partial charge in [0.1, 0.15) is 0 Å². The third-order valence-electron chi connectivity index (χ3n) is 4.54. The minimum absolute atomic E-state index is 0.697. The van der Waals surface area contributed by atoms with Gasteiger partial charge in [0.05, 0.1) is 0 Å². The number of rotatable bonds is 5. The maximum Gasteiger partial charge on any atom is 0.0355 e. The second kappa shape index (κ2) is 6.77. The highest BCUT2D eigenvalue weighted by molar-refractivity contribution is 5.47. The van der Waals surface area contributed by atoms with Gasteiger partial charge in [0.15, 0.2) is 0 Å². The van der Waals surface area contributed by atoms with Gasteiger partial charge < -0.3 is 9.47 Å². The predicted octanol–water partition coefficient (Wildman–Crippen LogP) is 4.01. The van der Waals surface area contributed by atoms with Gasteiger partial charge in [-0.05, 0) is 42.5 Å². The summed E-state index contributed by atoms with van der Waals surface area (Å²) in [6.45, 7) is 7.40. The van der Waals surface area contributed by atoms with Crippen LogP contribution in [0, 0.1) is 0 Å². The number of piperidine rings is 1. The summed E-state index contributed by atoms with van der Waals surface area (Å²) in [5.74, 6) is 0. The Bertz CT molecular complexity index is 546. The normalized spacial score (nSPS) is 17.0. The lowest BCUT2D eigenvalue weighted by Crippen LogP contribution is -2.35. The molecule has 1 aromatic carbocycles. The molecule has 0 N–H and O–H groups in total. The molecular weight excluding hydrogens is 256 g/mol. The van der Waals surface area contributed by atoms with Crippen molar-refractivity contribution in [3.63, 3.8) is 0 Å². The lowest BCUT2D eigenvalue weighted by molar-refractivity contribution is 0.188. The average molecular weight is 280 g/mol. The van der Waals surface area contributed by atoms with Gasteiger partial charge in [-0.25, -0.2) is 0 Å². The monoisotopic (exact) mass is 280 g/mol. The molecular formula is C19H24N2. The summed E-state index contributed by atoms with van der Waals surface area (Å²) >= 11 is 0. The van der Waals surface area contributed by atoms with E-state index in [-0.39, 0.29) is 0 Å². The molecule has 2 heterocycles. The first-order valence-electron chi connectivity index (χ1n) is 7.91. The molecule has 1 aliphatic rings. The molecule has 21 heavy (non-hydrogen) atoms. The summed E-state index contributed by atoms with van der Waals surface area (Å²) in [5.41, 5.74) is 2.62. The van der Waals surface area contributed by atoms with Crippen molar-refractivity contribution in [1.82, 2.24) is 9.47 Å². The van der Waals surface area contributed by atoms with E-state index < -0.39 is 0 Å². The molecule has 1 saturated heterocycles. The smallest absolute Gasteiger partial charge is 0.0355 e. The number of benzene rings is 1. The first kappa shape index (κ1) is 14.2. The van der Waals surface area contributed by atoms with Crippen LogP contribution in [0.2, 0.25) is 0 Å². The summed E-state index contributed by atoms with van der Waals surface area (Å²) < 4.78 is 2.37. The van der Waals surface area contributed by atoms with Crippen LogP contribution in [0.25, 0.3) is 6.08 Å². The van der Waals surface area contributed by atoms with Crippen LogP contribution >= 0.6 is 0 Å². The van der Waals surface area contributed by atoms with Gasteiger partial charge in [0, 0.05) is 38.1 Å². The van der Waals surface area contributed by atoms with E-state index in [9.17, 15) is 0 Å². The van der Waals surface area contributed by atoms with Crippen molar-refractivity contribution in [1.29, 1.82) is 0 Å². The molecule has 1 aliphatic heterocycles. The van der Waals surface area contributed by atoms with E-state index in [4.69, 9.17) is 0 Å². The first-order chi connectivity index (χ1) is 10.3. The number of hydrogen-bond acceptors (Lipinski definition) is 1. The molecule has 2 nitrogen and oxygen atoms in total. The standard InChI is InChI=1S/C19H24N2/c1-2-17-5-7-18(8-6-17)9-14-20-15-10-19(11-16-20)21-12-3-4-13-21/h2-8,12-13,19H,1,9-11,14-16H2. The zero-order valence-corrected chi connectivity index (χ0v) is 12.6. The first-order valence-corrected chi connectivity index (χ1v) is 7.91. The van der Waals surface area contributed by atoms with Crippen molar-refractivity contribution in [2.45, 2.75) is 25.3 Å². The predicted molar refractivity (Wildman–Crippen MR) is 89.4 cm³/mol. The number of nitrogens with zero attached hydrogens (tertiary/aromatic N) is 2. The van der Waals surface area contributed by atoms with Crippen molar-refractivity contribution in [2.24, 2.45) is 0 Å². The van der Waals surface area contributed by atoms with E-state index in [0.717, 1.165) is 6.42 Å². The van der Waals surface area contributed by atoms with E-state index in [1.165, 1.54) is 43.6 Å². The van der Waals surface area contributed by atoms with Crippen molar-refractivity contribution < 1.29 is 0 Å². The zero-order valence-electron chi connectivity index (χ0n) is 12.6. The fourth-order valence-corrected chi connectivity index (χ4v) is 3.14. The molecule has 0 atom stereocenters. The molecule has 0 aliphatic carbocycles. The van der Waals surface area contributed by atoms with Gasteiger partial charge in [0.25, 0.3) is 0 Å². The summed E-state index contributed by atoms with van der Waals surface area (Å²) in [5, 5.41) is 0. The van der Waals surface area contributed by atoms with Crippen LogP contribution in [-0.4, -0.2) is 29.1 Å². The second-order valence-corrected chi connectivity index (χ2v) is 5.90. The Labute approximate surface area is 127 Å². The number of likely N-dealkylation sites (tertiary alicyclic amines) is 1. The molecule has 0 unspecified atom stereocenters. The SMILES string of the molecule is C=Cc1ccc(CCN2CCC(n3cccc3)CC2)cc1.